The minimum Gasteiger partial charge on any atom is -0.450 e. The zero-order chi connectivity index (χ0) is 23.0. The molecule has 2 rings (SSSR count). The molecule has 1 aromatic carbocycles. The highest BCUT2D eigenvalue weighted by Crippen LogP contribution is 2.39. The van der Waals surface area contributed by atoms with Crippen molar-refractivity contribution in [3.05, 3.63) is 34.9 Å². The average molecular weight is 433 g/mol. The molecule has 29 heavy (non-hydrogen) atoms. The Bertz CT molecular complexity index is 628. The Hall–Kier alpha value is -1.85. The number of halogens is 6. The van der Waals surface area contributed by atoms with Crippen LogP contribution < -0.4 is 0 Å². The van der Waals surface area contributed by atoms with Gasteiger partial charge in [-0.05, 0) is 23.8 Å². The lowest BCUT2D eigenvalue weighted by molar-refractivity contribution is -0.143. The van der Waals surface area contributed by atoms with Crippen LogP contribution in [0.3, 0.4) is 0 Å². The first-order valence-electron chi connectivity index (χ1n) is 8.58. The maximum absolute atomic E-state index is 12.9. The lowest BCUT2D eigenvalue weighted by atomic mass is 9.97. The first-order chi connectivity index (χ1) is 13.4. The maximum Gasteiger partial charge on any atom is 0.416 e. The van der Waals surface area contributed by atoms with Gasteiger partial charge in [0.25, 0.3) is 0 Å². The van der Waals surface area contributed by atoms with Gasteiger partial charge < -0.3 is 19.7 Å². The fraction of sp³-hybridized carbons (Fsp3) is 0.611. The molecule has 0 bridgehead atoms. The second kappa shape index (κ2) is 11.4. The van der Waals surface area contributed by atoms with Gasteiger partial charge in [0.1, 0.15) is 6.04 Å². The Labute approximate surface area is 165 Å². The third-order valence-corrected chi connectivity index (χ3v) is 3.69. The molecule has 1 aromatic rings. The van der Waals surface area contributed by atoms with Crippen molar-refractivity contribution in [2.24, 2.45) is 4.99 Å². The number of ether oxygens (including phenoxy) is 2. The third-order valence-electron chi connectivity index (χ3n) is 3.69. The molecule has 5 nitrogen and oxygen atoms in total. The number of aliphatic hydroxyl groups is 2. The van der Waals surface area contributed by atoms with Crippen LogP contribution in [0.5, 0.6) is 0 Å². The molecule has 0 aliphatic carbocycles. The Morgan fingerprint density at radius 3 is 1.79 bits per heavy atom. The number of benzene rings is 1. The van der Waals surface area contributed by atoms with E-state index in [0.29, 0.717) is 12.1 Å². The predicted molar refractivity (Wildman–Crippen MR) is 94.3 cm³/mol. The number of rotatable bonds is 4. The van der Waals surface area contributed by atoms with E-state index >= 15 is 0 Å². The summed E-state index contributed by atoms with van der Waals surface area (Å²) in [5.41, 5.74) is -3.17. The van der Waals surface area contributed by atoms with Crippen molar-refractivity contribution in [2.75, 3.05) is 14.2 Å². The highest BCUT2D eigenvalue weighted by Gasteiger charge is 2.38. The Kier molecular flexibility index (Phi) is 10.6. The Balaban J connectivity index is 0.00000184. The highest BCUT2D eigenvalue weighted by atomic mass is 19.4. The molecule has 1 aliphatic rings. The summed E-state index contributed by atoms with van der Waals surface area (Å²) in [4.78, 5) is 3.95. The number of methoxy groups -OCH3 is 1. The van der Waals surface area contributed by atoms with Gasteiger partial charge in [0.2, 0.25) is 6.29 Å². The van der Waals surface area contributed by atoms with Crippen molar-refractivity contribution in [2.45, 2.75) is 58.0 Å². The molecule has 0 radical (unpaired) electrons. The monoisotopic (exact) mass is 433 g/mol. The lowest BCUT2D eigenvalue weighted by Crippen LogP contribution is -2.24. The third kappa shape index (κ3) is 7.82. The number of aliphatic hydroxyl groups excluding tert-OH is 2. The van der Waals surface area contributed by atoms with Crippen LogP contribution in [0.1, 0.15) is 50.0 Å². The number of hydrogen-bond donors (Lipinski definition) is 2. The van der Waals surface area contributed by atoms with Crippen LogP contribution in [-0.2, 0) is 21.8 Å². The van der Waals surface area contributed by atoms with Crippen LogP contribution in [0.15, 0.2) is 23.2 Å². The average Bonchev–Trinajstić information content (AvgIpc) is 2.98. The van der Waals surface area contributed by atoms with Crippen molar-refractivity contribution in [3.63, 3.8) is 0 Å². The predicted octanol–water partition coefficient (Wildman–Crippen LogP) is 4.57. The van der Waals surface area contributed by atoms with Gasteiger partial charge in [-0.2, -0.15) is 26.3 Å². The van der Waals surface area contributed by atoms with Gasteiger partial charge in [-0.3, -0.25) is 0 Å². The minimum absolute atomic E-state index is 0.0477. The van der Waals surface area contributed by atoms with E-state index in [1.54, 1.807) is 0 Å². The van der Waals surface area contributed by atoms with E-state index in [1.807, 2.05) is 13.8 Å². The van der Waals surface area contributed by atoms with Crippen molar-refractivity contribution in [1.29, 1.82) is 0 Å². The number of aliphatic imine (C=N–C) groups is 1. The van der Waals surface area contributed by atoms with Crippen molar-refractivity contribution >= 4 is 5.90 Å². The normalized spacial score (nSPS) is 19.8. The Morgan fingerprint density at radius 2 is 1.48 bits per heavy atom. The summed E-state index contributed by atoms with van der Waals surface area (Å²) >= 11 is 0. The van der Waals surface area contributed by atoms with E-state index in [0.717, 1.165) is 14.2 Å². The van der Waals surface area contributed by atoms with Crippen LogP contribution in [0.4, 0.5) is 26.3 Å². The zero-order valence-corrected chi connectivity index (χ0v) is 16.6. The van der Waals surface area contributed by atoms with Crippen molar-refractivity contribution in [1.82, 2.24) is 0 Å². The summed E-state index contributed by atoms with van der Waals surface area (Å²) in [6.07, 6.45) is -12.5. The smallest absolute Gasteiger partial charge is 0.416 e. The molecule has 3 unspecified atom stereocenters. The molecule has 1 aliphatic heterocycles. The van der Waals surface area contributed by atoms with E-state index in [1.165, 1.54) is 6.92 Å². The summed E-state index contributed by atoms with van der Waals surface area (Å²) in [5, 5.41) is 16.7. The molecule has 0 aromatic heterocycles. The van der Waals surface area contributed by atoms with Crippen molar-refractivity contribution in [3.8, 4) is 0 Å². The molecule has 0 spiro atoms. The molecule has 168 valence electrons. The quantitative estimate of drug-likeness (QED) is 0.683. The molecule has 11 heteroatoms. The van der Waals surface area contributed by atoms with Gasteiger partial charge >= 0.3 is 12.4 Å². The van der Waals surface area contributed by atoms with Gasteiger partial charge in [0, 0.05) is 27.6 Å². The molecule has 0 saturated heterocycles. The van der Waals surface area contributed by atoms with Gasteiger partial charge in [-0.1, -0.05) is 13.8 Å². The lowest BCUT2D eigenvalue weighted by Gasteiger charge is -2.22. The van der Waals surface area contributed by atoms with E-state index in [4.69, 9.17) is 14.6 Å². The van der Waals surface area contributed by atoms with Crippen LogP contribution in [0.2, 0.25) is 0 Å². The summed E-state index contributed by atoms with van der Waals surface area (Å²) in [6, 6.07) is 0.393. The summed E-state index contributed by atoms with van der Waals surface area (Å²) in [5.74, 6) is 0.173. The molecule has 3 atom stereocenters. The van der Waals surface area contributed by atoms with Gasteiger partial charge in [-0.25, -0.2) is 4.99 Å². The summed E-state index contributed by atoms with van der Waals surface area (Å²) in [7, 11) is 2.15. The molecule has 0 fully saturated rings. The molecule has 2 N–H and O–H groups in total. The second-order valence-corrected chi connectivity index (χ2v) is 5.52. The van der Waals surface area contributed by atoms with Gasteiger partial charge in [0.05, 0.1) is 17.2 Å². The van der Waals surface area contributed by atoms with Crippen LogP contribution in [-0.4, -0.2) is 42.7 Å². The van der Waals surface area contributed by atoms with Crippen LogP contribution in [0.25, 0.3) is 0 Å². The van der Waals surface area contributed by atoms with E-state index < -0.39 is 41.9 Å². The summed E-state index contributed by atoms with van der Waals surface area (Å²) < 4.78 is 87.5. The van der Waals surface area contributed by atoms with E-state index in [2.05, 4.69) is 4.99 Å². The molecular formula is C18H25F6NO4. The van der Waals surface area contributed by atoms with E-state index in [-0.39, 0.29) is 23.9 Å². The largest absolute Gasteiger partial charge is 0.450 e. The fourth-order valence-corrected chi connectivity index (χ4v) is 2.50. The van der Waals surface area contributed by atoms with Crippen molar-refractivity contribution < 1.29 is 46.0 Å². The fourth-order valence-electron chi connectivity index (χ4n) is 2.50. The van der Waals surface area contributed by atoms with E-state index in [9.17, 15) is 31.4 Å². The topological polar surface area (TPSA) is 71.3 Å². The van der Waals surface area contributed by atoms with Gasteiger partial charge in [-0.15, -0.1) is 0 Å². The maximum atomic E-state index is 12.9. The standard InChI is InChI=1S/C15H15F6NO3.C2H6.CH4O/c1-7-22-11(13(23)25-7)6-12(24-2)8-3-9(14(16,17)18)5-10(4-8)15(19,20)21;2*1-2/h3-5,11-13,23H,6H2,1-2H3;1-2H3;2H,1H3. The second-order valence-electron chi connectivity index (χ2n) is 5.52. The minimum atomic E-state index is -4.95. The number of nitrogens with zero attached hydrogens (tertiary/aromatic N) is 1. The molecule has 1 heterocycles. The number of hydrogen-bond acceptors (Lipinski definition) is 5. The molecule has 0 amide bonds. The van der Waals surface area contributed by atoms with Gasteiger partial charge in [0.15, 0.2) is 5.90 Å². The first kappa shape index (κ1) is 27.1. The zero-order valence-electron chi connectivity index (χ0n) is 16.6. The summed E-state index contributed by atoms with van der Waals surface area (Å²) in [6.45, 7) is 5.47. The number of alkyl halides is 6. The molecule has 0 saturated carbocycles. The SMILES string of the molecule is CC.CO.COC(CC1N=C(C)OC1O)c1cc(C(F)(F)F)cc(C(F)(F)F)c1. The molecular weight excluding hydrogens is 408 g/mol. The Morgan fingerprint density at radius 1 is 1.03 bits per heavy atom. The first-order valence-corrected chi connectivity index (χ1v) is 8.58. The van der Waals surface area contributed by atoms with Crippen LogP contribution in [0, 0.1) is 0 Å². The highest BCUT2D eigenvalue weighted by molar-refractivity contribution is 5.75. The van der Waals surface area contributed by atoms with Crippen LogP contribution >= 0.6 is 0 Å².